The van der Waals surface area contributed by atoms with Gasteiger partial charge in [-0.15, -0.1) is 0 Å². The number of aryl methyl sites for hydroxylation is 1. The molecule has 2 aromatic rings. The maximum absolute atomic E-state index is 11.8. The van der Waals surface area contributed by atoms with Crippen LogP contribution in [0.15, 0.2) is 24.4 Å². The van der Waals surface area contributed by atoms with E-state index < -0.39 is 36.0 Å². The molecule has 0 saturated carbocycles. The molecular formula is C14H21N3O2S. The second kappa shape index (κ2) is 5.95. The Bertz CT molecular complexity index is 984. The Hall–Kier alpha value is -1.37. The van der Waals surface area contributed by atoms with Crippen LogP contribution in [0.1, 0.15) is 22.1 Å². The molecular weight excluding hydrogens is 274 g/mol. The maximum atomic E-state index is 11.8. The summed E-state index contributed by atoms with van der Waals surface area (Å²) in [5, 5.41) is 0.113. The molecule has 110 valence electrons. The number of sulfonamides is 1. The van der Waals surface area contributed by atoms with E-state index in [0.717, 1.165) is 7.05 Å². The van der Waals surface area contributed by atoms with Gasteiger partial charge in [-0.1, -0.05) is 6.07 Å². The molecule has 0 fully saturated rings. The van der Waals surface area contributed by atoms with Crippen LogP contribution in [0.3, 0.4) is 0 Å². The van der Waals surface area contributed by atoms with E-state index in [2.05, 4.69) is 9.71 Å². The van der Waals surface area contributed by atoms with Crippen LogP contribution in [0.2, 0.25) is 0 Å². The number of hydrogen-bond donors (Lipinski definition) is 2. The second-order valence-electron chi connectivity index (χ2n) is 4.26. The minimum atomic E-state index is -3.60. The van der Waals surface area contributed by atoms with E-state index in [-0.39, 0.29) is 16.7 Å². The van der Waals surface area contributed by atoms with Crippen LogP contribution >= 0.6 is 0 Å². The van der Waals surface area contributed by atoms with Gasteiger partial charge < -0.3 is 9.88 Å². The third-order valence-electron chi connectivity index (χ3n) is 2.69. The van der Waals surface area contributed by atoms with Gasteiger partial charge in [-0.05, 0) is 50.7 Å². The zero-order chi connectivity index (χ0) is 21.7. The number of benzene rings is 1. The van der Waals surface area contributed by atoms with Crippen molar-refractivity contribution in [2.45, 2.75) is 12.1 Å². The molecule has 0 saturated heterocycles. The molecule has 2 rings (SSSR count). The van der Waals surface area contributed by atoms with Gasteiger partial charge in [0.25, 0.3) is 0 Å². The first-order valence-corrected chi connectivity index (χ1v) is 7.46. The molecule has 0 amide bonds. The molecule has 6 heteroatoms. The summed E-state index contributed by atoms with van der Waals surface area (Å²) in [6.07, 6.45) is -3.32. The van der Waals surface area contributed by atoms with Crippen molar-refractivity contribution >= 4 is 20.9 Å². The van der Waals surface area contributed by atoms with Gasteiger partial charge in [-0.2, -0.15) is 0 Å². The highest BCUT2D eigenvalue weighted by atomic mass is 32.2. The number of nitrogens with one attached hydrogen (secondary N) is 2. The second-order valence-corrected chi connectivity index (χ2v) is 6.19. The smallest absolute Gasteiger partial charge is 0.215 e. The number of hydrogen-bond acceptors (Lipinski definition) is 3. The van der Waals surface area contributed by atoms with Crippen molar-refractivity contribution in [2.24, 2.45) is 0 Å². The lowest BCUT2D eigenvalue weighted by Crippen LogP contribution is -2.20. The van der Waals surface area contributed by atoms with Crippen LogP contribution in [0.4, 0.5) is 0 Å². The van der Waals surface area contributed by atoms with E-state index >= 15 is 0 Å². The van der Waals surface area contributed by atoms with Crippen molar-refractivity contribution in [3.8, 4) is 0 Å². The molecule has 20 heavy (non-hydrogen) atoms. The number of nitrogens with zero attached hydrogens (tertiary/aromatic N) is 1. The van der Waals surface area contributed by atoms with E-state index in [0.29, 0.717) is 16.0 Å². The largest absolute Gasteiger partial charge is 0.361 e. The van der Waals surface area contributed by atoms with Gasteiger partial charge >= 0.3 is 0 Å². The Morgan fingerprint density at radius 1 is 1.55 bits per heavy atom. The van der Waals surface area contributed by atoms with Crippen molar-refractivity contribution in [1.29, 1.82) is 0 Å². The van der Waals surface area contributed by atoms with Gasteiger partial charge in [0.15, 0.2) is 0 Å². The SMILES string of the molecule is [2H]c1[nH]c2ccc(CS(=O)(=O)NC)cc2c1C([2H])([2H])C([2H])([2H])N(C)C([2H])([2H])[2H]. The molecule has 0 bridgehead atoms. The first-order chi connectivity index (χ1) is 12.5. The van der Waals surface area contributed by atoms with Crippen LogP contribution in [-0.2, 0) is 22.1 Å². The van der Waals surface area contributed by atoms with Crippen molar-refractivity contribution in [3.63, 3.8) is 0 Å². The van der Waals surface area contributed by atoms with Gasteiger partial charge in [0, 0.05) is 33.2 Å². The topological polar surface area (TPSA) is 65.2 Å². The maximum Gasteiger partial charge on any atom is 0.215 e. The third kappa shape index (κ3) is 3.59. The highest BCUT2D eigenvalue weighted by molar-refractivity contribution is 7.88. The Labute approximate surface area is 131 Å². The fourth-order valence-electron chi connectivity index (χ4n) is 1.72. The standard InChI is InChI=1S/C14H21N3O2S/c1-15-20(18,19)10-11-4-5-14-13(8-11)12(9-16-14)6-7-17(2)3/h4-5,8-9,15-16H,6-7,10H2,1-3H3/i2D3,6D2,7D2,9D. The van der Waals surface area contributed by atoms with Crippen LogP contribution in [0.5, 0.6) is 0 Å². The molecule has 0 aliphatic heterocycles. The minimum Gasteiger partial charge on any atom is -0.361 e. The van der Waals surface area contributed by atoms with Gasteiger partial charge in [-0.25, -0.2) is 13.1 Å². The van der Waals surface area contributed by atoms with E-state index in [9.17, 15) is 8.42 Å². The molecule has 0 radical (unpaired) electrons. The van der Waals surface area contributed by atoms with Gasteiger partial charge in [0.1, 0.15) is 0 Å². The highest BCUT2D eigenvalue weighted by Gasteiger charge is 2.11. The monoisotopic (exact) mass is 303 g/mol. The highest BCUT2D eigenvalue weighted by Crippen LogP contribution is 2.21. The zero-order valence-corrected chi connectivity index (χ0v) is 11.9. The average molecular weight is 303 g/mol. The van der Waals surface area contributed by atoms with E-state index in [1.54, 1.807) is 0 Å². The number of H-pyrrole nitrogens is 1. The predicted molar refractivity (Wildman–Crippen MR) is 82.2 cm³/mol. The van der Waals surface area contributed by atoms with Crippen molar-refractivity contribution in [1.82, 2.24) is 14.6 Å². The first-order valence-electron chi connectivity index (χ1n) is 9.81. The molecule has 0 aliphatic rings. The van der Waals surface area contributed by atoms with Crippen molar-refractivity contribution in [3.05, 3.63) is 35.5 Å². The molecule has 0 aliphatic carbocycles. The molecule has 1 aromatic heterocycles. The zero-order valence-electron chi connectivity index (χ0n) is 19.1. The lowest BCUT2D eigenvalue weighted by atomic mass is 10.1. The number of likely N-dealkylation sites (N-methyl/N-ethyl adjacent to an activating group) is 1. The summed E-state index contributed by atoms with van der Waals surface area (Å²) in [5.41, 5.74) is 0.233. The normalized spacial score (nSPS) is 20.4. The Kier molecular flexibility index (Phi) is 2.26. The Morgan fingerprint density at radius 3 is 3.05 bits per heavy atom. The van der Waals surface area contributed by atoms with Gasteiger partial charge in [-0.3, -0.25) is 0 Å². The summed E-state index contributed by atoms with van der Waals surface area (Å²) in [6.45, 7) is -5.90. The molecule has 1 aromatic carbocycles. The summed E-state index contributed by atoms with van der Waals surface area (Å²) in [4.78, 5) is 2.92. The lowest BCUT2D eigenvalue weighted by molar-refractivity contribution is 0.414. The van der Waals surface area contributed by atoms with Gasteiger partial charge in [0.2, 0.25) is 10.0 Å². The van der Waals surface area contributed by atoms with E-state index in [1.807, 2.05) is 0 Å². The predicted octanol–water partition coefficient (Wildman–Crippen LogP) is 1.32. The molecule has 0 unspecified atom stereocenters. The van der Waals surface area contributed by atoms with E-state index in [4.69, 9.17) is 11.0 Å². The number of rotatable bonds is 6. The van der Waals surface area contributed by atoms with Gasteiger partial charge in [0.05, 0.1) is 7.12 Å². The van der Waals surface area contributed by atoms with Crippen LogP contribution in [-0.4, -0.2) is 45.9 Å². The minimum absolute atomic E-state index is 0.113. The van der Waals surface area contributed by atoms with Crippen LogP contribution in [0, 0.1) is 0 Å². The van der Waals surface area contributed by atoms with Crippen LogP contribution in [0.25, 0.3) is 10.9 Å². The lowest BCUT2D eigenvalue weighted by Gasteiger charge is -2.08. The van der Waals surface area contributed by atoms with Crippen molar-refractivity contribution < 1.29 is 19.4 Å². The number of aromatic amines is 1. The fourth-order valence-corrected chi connectivity index (χ4v) is 2.49. The molecule has 2 N–H and O–H groups in total. The summed E-state index contributed by atoms with van der Waals surface area (Å²) in [5.74, 6) is -0.386. The Morgan fingerprint density at radius 2 is 2.35 bits per heavy atom. The molecule has 5 nitrogen and oxygen atoms in total. The average Bonchev–Trinajstić information content (AvgIpc) is 2.88. The molecule has 1 heterocycles. The fraction of sp³-hybridized carbons (Fsp3) is 0.429. The molecule has 0 atom stereocenters. The quantitative estimate of drug-likeness (QED) is 0.846. The summed E-state index contributed by atoms with van der Waals surface area (Å²) in [7, 11) is -1.40. The van der Waals surface area contributed by atoms with Crippen molar-refractivity contribution in [2.75, 3.05) is 27.6 Å². The number of aromatic nitrogens is 1. The number of fused-ring (bicyclic) bond motifs is 1. The first kappa shape index (κ1) is 7.59. The molecule has 0 spiro atoms. The summed E-state index contributed by atoms with van der Waals surface area (Å²) >= 11 is 0. The van der Waals surface area contributed by atoms with E-state index in [1.165, 1.54) is 25.2 Å². The summed E-state index contributed by atoms with van der Waals surface area (Å²) in [6, 6.07) is 4.32. The Balaban J connectivity index is 2.66. The van der Waals surface area contributed by atoms with Crippen LogP contribution < -0.4 is 4.72 Å². The third-order valence-corrected chi connectivity index (χ3v) is 4.03. The summed E-state index contributed by atoms with van der Waals surface area (Å²) < 4.78 is 88.9.